The van der Waals surface area contributed by atoms with E-state index >= 15 is 0 Å². The predicted molar refractivity (Wildman–Crippen MR) is 83.6 cm³/mol. The van der Waals surface area contributed by atoms with Crippen molar-refractivity contribution in [2.24, 2.45) is 0 Å². The van der Waals surface area contributed by atoms with Crippen molar-refractivity contribution in [1.82, 2.24) is 9.62 Å². The third kappa shape index (κ3) is 3.98. The summed E-state index contributed by atoms with van der Waals surface area (Å²) in [5, 5.41) is 0.236. The van der Waals surface area contributed by atoms with Gasteiger partial charge in [0.25, 0.3) is 5.91 Å². The molecule has 0 atom stereocenters. The molecule has 0 saturated carbocycles. The number of ether oxygens (including phenoxy) is 1. The topological polar surface area (TPSA) is 75.7 Å². The quantitative estimate of drug-likeness (QED) is 0.896. The van der Waals surface area contributed by atoms with Crippen LogP contribution in [0.2, 0.25) is 5.02 Å². The van der Waals surface area contributed by atoms with Crippen LogP contribution in [0.4, 0.5) is 0 Å². The van der Waals surface area contributed by atoms with E-state index in [0.717, 1.165) is 0 Å². The van der Waals surface area contributed by atoms with Gasteiger partial charge in [0.2, 0.25) is 10.0 Å². The molecule has 1 N–H and O–H groups in total. The molecule has 1 heterocycles. The number of rotatable bonds is 4. The minimum absolute atomic E-state index is 0.0298. The van der Waals surface area contributed by atoms with E-state index in [1.807, 2.05) is 0 Å². The molecule has 2 rings (SSSR count). The van der Waals surface area contributed by atoms with Crippen molar-refractivity contribution in [2.75, 3.05) is 26.3 Å². The molecule has 1 fully saturated rings. The molecule has 0 radical (unpaired) electrons. The average molecular weight is 347 g/mol. The smallest absolute Gasteiger partial charge is 0.255 e. The first-order valence-corrected chi connectivity index (χ1v) is 8.86. The van der Waals surface area contributed by atoms with Crippen LogP contribution in [0.5, 0.6) is 0 Å². The van der Waals surface area contributed by atoms with E-state index in [-0.39, 0.29) is 27.4 Å². The van der Waals surface area contributed by atoms with Gasteiger partial charge in [0, 0.05) is 19.1 Å². The highest BCUT2D eigenvalue weighted by atomic mass is 35.5. The van der Waals surface area contributed by atoms with Crippen LogP contribution in [0.3, 0.4) is 0 Å². The molecule has 1 amide bonds. The van der Waals surface area contributed by atoms with Gasteiger partial charge in [-0.15, -0.1) is 0 Å². The van der Waals surface area contributed by atoms with E-state index in [2.05, 4.69) is 4.72 Å². The number of sulfonamides is 1. The Labute approximate surface area is 135 Å². The molecule has 0 bridgehead atoms. The first-order valence-electron chi connectivity index (χ1n) is 7.00. The number of hydrogen-bond donors (Lipinski definition) is 1. The Morgan fingerprint density at radius 3 is 2.55 bits per heavy atom. The zero-order valence-electron chi connectivity index (χ0n) is 12.5. The molecule has 0 aliphatic carbocycles. The van der Waals surface area contributed by atoms with Crippen molar-refractivity contribution in [3.63, 3.8) is 0 Å². The molecule has 8 heteroatoms. The molecule has 1 aromatic carbocycles. The Kier molecular flexibility index (Phi) is 5.44. The van der Waals surface area contributed by atoms with Crippen LogP contribution in [0.15, 0.2) is 23.1 Å². The van der Waals surface area contributed by atoms with Gasteiger partial charge in [-0.05, 0) is 32.0 Å². The van der Waals surface area contributed by atoms with Crippen molar-refractivity contribution in [3.8, 4) is 0 Å². The lowest BCUT2D eigenvalue weighted by molar-refractivity contribution is 0.0303. The van der Waals surface area contributed by atoms with E-state index in [0.29, 0.717) is 26.3 Å². The van der Waals surface area contributed by atoms with Crippen molar-refractivity contribution < 1.29 is 17.9 Å². The highest BCUT2D eigenvalue weighted by Crippen LogP contribution is 2.22. The number of carbonyl (C=O) groups is 1. The zero-order chi connectivity index (χ0) is 16.3. The van der Waals surface area contributed by atoms with E-state index in [9.17, 15) is 13.2 Å². The summed E-state index contributed by atoms with van der Waals surface area (Å²) in [6.07, 6.45) is 0. The average Bonchev–Trinajstić information content (AvgIpc) is 2.46. The van der Waals surface area contributed by atoms with Crippen molar-refractivity contribution in [1.29, 1.82) is 0 Å². The number of amides is 1. The molecule has 22 heavy (non-hydrogen) atoms. The first kappa shape index (κ1) is 17.2. The molecular weight excluding hydrogens is 328 g/mol. The monoisotopic (exact) mass is 346 g/mol. The van der Waals surface area contributed by atoms with Gasteiger partial charge in [-0.2, -0.15) is 0 Å². The molecule has 122 valence electrons. The maximum absolute atomic E-state index is 12.5. The summed E-state index contributed by atoms with van der Waals surface area (Å²) in [7, 11) is -3.67. The number of hydrogen-bond acceptors (Lipinski definition) is 4. The predicted octanol–water partition coefficient (Wildman–Crippen LogP) is 1.50. The molecular formula is C14H19ClN2O4S. The lowest BCUT2D eigenvalue weighted by atomic mass is 10.2. The standard InChI is InChI=1S/C14H19ClN2O4S/c1-10(2)16-22(19,20)11-3-4-13(15)12(9-11)14(18)17-5-7-21-8-6-17/h3-4,9-10,16H,5-8H2,1-2H3. The molecule has 0 unspecified atom stereocenters. The Morgan fingerprint density at radius 2 is 1.95 bits per heavy atom. The summed E-state index contributed by atoms with van der Waals surface area (Å²) in [6, 6.07) is 3.91. The van der Waals surface area contributed by atoms with Crippen molar-refractivity contribution in [2.45, 2.75) is 24.8 Å². The fraction of sp³-hybridized carbons (Fsp3) is 0.500. The third-order valence-electron chi connectivity index (χ3n) is 3.17. The van der Waals surface area contributed by atoms with Crippen LogP contribution < -0.4 is 4.72 Å². The fourth-order valence-corrected chi connectivity index (χ4v) is 3.63. The summed E-state index contributed by atoms with van der Waals surface area (Å²) >= 11 is 6.07. The highest BCUT2D eigenvalue weighted by Gasteiger charge is 2.23. The number of morpholine rings is 1. The second-order valence-electron chi connectivity index (χ2n) is 5.32. The first-order chi connectivity index (χ1) is 10.3. The summed E-state index contributed by atoms with van der Waals surface area (Å²) in [6.45, 7) is 5.33. The summed E-state index contributed by atoms with van der Waals surface area (Å²) < 4.78 is 32.1. The Hall–Kier alpha value is -1.15. The van der Waals surface area contributed by atoms with Gasteiger partial charge in [-0.25, -0.2) is 13.1 Å². The fourth-order valence-electron chi connectivity index (χ4n) is 2.15. The molecule has 1 aliphatic rings. The highest BCUT2D eigenvalue weighted by molar-refractivity contribution is 7.89. The third-order valence-corrected chi connectivity index (χ3v) is 5.15. The van der Waals surface area contributed by atoms with Gasteiger partial charge in [0.1, 0.15) is 0 Å². The molecule has 0 aromatic heterocycles. The van der Waals surface area contributed by atoms with Crippen molar-refractivity contribution >= 4 is 27.5 Å². The Bertz CT molecular complexity index is 655. The van der Waals surface area contributed by atoms with Gasteiger partial charge in [0.15, 0.2) is 0 Å². The summed E-state index contributed by atoms with van der Waals surface area (Å²) in [4.78, 5) is 14.1. The van der Waals surface area contributed by atoms with Crippen LogP contribution >= 0.6 is 11.6 Å². The van der Waals surface area contributed by atoms with E-state index < -0.39 is 10.0 Å². The number of nitrogens with zero attached hydrogens (tertiary/aromatic N) is 1. The molecule has 1 aliphatic heterocycles. The second kappa shape index (κ2) is 6.95. The minimum Gasteiger partial charge on any atom is -0.378 e. The minimum atomic E-state index is -3.67. The Balaban J connectivity index is 2.32. The van der Waals surface area contributed by atoms with Crippen LogP contribution in [0.1, 0.15) is 24.2 Å². The van der Waals surface area contributed by atoms with Crippen molar-refractivity contribution in [3.05, 3.63) is 28.8 Å². The van der Waals surface area contributed by atoms with Gasteiger partial charge < -0.3 is 9.64 Å². The molecule has 0 spiro atoms. The largest absolute Gasteiger partial charge is 0.378 e. The maximum Gasteiger partial charge on any atom is 0.255 e. The number of benzene rings is 1. The SMILES string of the molecule is CC(C)NS(=O)(=O)c1ccc(Cl)c(C(=O)N2CCOCC2)c1. The number of halogens is 1. The second-order valence-corrected chi connectivity index (χ2v) is 7.44. The zero-order valence-corrected chi connectivity index (χ0v) is 14.1. The summed E-state index contributed by atoms with van der Waals surface area (Å²) in [5.41, 5.74) is 0.190. The lowest BCUT2D eigenvalue weighted by Crippen LogP contribution is -2.41. The summed E-state index contributed by atoms with van der Waals surface area (Å²) in [5.74, 6) is -0.283. The van der Waals surface area contributed by atoms with E-state index in [1.54, 1.807) is 18.7 Å². The molecule has 1 saturated heterocycles. The lowest BCUT2D eigenvalue weighted by Gasteiger charge is -2.27. The molecule has 6 nitrogen and oxygen atoms in total. The van der Waals surface area contributed by atoms with E-state index in [1.165, 1.54) is 18.2 Å². The number of carbonyl (C=O) groups excluding carboxylic acids is 1. The maximum atomic E-state index is 12.5. The van der Waals surface area contributed by atoms with Crippen LogP contribution in [-0.4, -0.2) is 51.6 Å². The van der Waals surface area contributed by atoms with Gasteiger partial charge in [-0.3, -0.25) is 4.79 Å². The van der Waals surface area contributed by atoms with Crippen LogP contribution in [0, 0.1) is 0 Å². The number of nitrogens with one attached hydrogen (secondary N) is 1. The van der Waals surface area contributed by atoms with E-state index in [4.69, 9.17) is 16.3 Å². The molecule has 1 aromatic rings. The Morgan fingerprint density at radius 1 is 1.32 bits per heavy atom. The van der Waals surface area contributed by atoms with Gasteiger partial charge >= 0.3 is 0 Å². The normalized spacial score (nSPS) is 16.1. The van der Waals surface area contributed by atoms with Crippen LogP contribution in [-0.2, 0) is 14.8 Å². The van der Waals surface area contributed by atoms with Gasteiger partial charge in [0.05, 0.1) is 28.7 Å². The van der Waals surface area contributed by atoms with Gasteiger partial charge in [-0.1, -0.05) is 11.6 Å². The van der Waals surface area contributed by atoms with Crippen LogP contribution in [0.25, 0.3) is 0 Å².